The quantitative estimate of drug-likeness (QED) is 0.358. The second kappa shape index (κ2) is 12.2. The Kier molecular flexibility index (Phi) is 9.35. The highest BCUT2D eigenvalue weighted by atomic mass is 35.5. The first kappa shape index (κ1) is 26.0. The van der Waals surface area contributed by atoms with Gasteiger partial charge < -0.3 is 29.1 Å². The van der Waals surface area contributed by atoms with E-state index in [9.17, 15) is 9.59 Å². The Bertz CT molecular complexity index is 975. The van der Waals surface area contributed by atoms with E-state index in [0.717, 1.165) is 18.5 Å². The number of halogens is 1. The summed E-state index contributed by atoms with van der Waals surface area (Å²) in [7, 11) is 0. The number of unbranched alkanes of at least 4 members (excludes halogenated alkanes) is 1. The van der Waals surface area contributed by atoms with Crippen LogP contribution in [-0.2, 0) is 22.3 Å². The SMILES string of the molecule is CCCCOC(=O)c1nc(N2CC[C@@H](NC(=O)c3nc(Cl)c(CC)[nH]3)[C@@H](OCC)C2)oc1CC. The van der Waals surface area contributed by atoms with Crippen molar-refractivity contribution in [3.05, 3.63) is 28.1 Å². The summed E-state index contributed by atoms with van der Waals surface area (Å²) in [5.41, 5.74) is 0.945. The molecule has 188 valence electrons. The van der Waals surface area contributed by atoms with Gasteiger partial charge in [-0.25, -0.2) is 9.78 Å². The topological polar surface area (TPSA) is 123 Å². The lowest BCUT2D eigenvalue weighted by Gasteiger charge is -2.37. The van der Waals surface area contributed by atoms with Gasteiger partial charge >= 0.3 is 5.97 Å². The van der Waals surface area contributed by atoms with E-state index >= 15 is 0 Å². The molecule has 0 unspecified atom stereocenters. The van der Waals surface area contributed by atoms with Crippen LogP contribution in [0, 0.1) is 0 Å². The lowest BCUT2D eigenvalue weighted by Crippen LogP contribution is -2.55. The molecule has 0 aromatic carbocycles. The van der Waals surface area contributed by atoms with E-state index in [1.54, 1.807) is 0 Å². The highest BCUT2D eigenvalue weighted by Crippen LogP contribution is 2.25. The van der Waals surface area contributed by atoms with E-state index in [1.165, 1.54) is 0 Å². The molecule has 2 N–H and O–H groups in total. The fraction of sp³-hybridized carbons (Fsp3) is 0.652. The summed E-state index contributed by atoms with van der Waals surface area (Å²) in [6.07, 6.45) is 3.23. The molecule has 0 radical (unpaired) electrons. The van der Waals surface area contributed by atoms with Crippen molar-refractivity contribution in [2.75, 3.05) is 31.2 Å². The van der Waals surface area contributed by atoms with Crippen LogP contribution in [0.25, 0.3) is 0 Å². The zero-order valence-corrected chi connectivity index (χ0v) is 21.0. The van der Waals surface area contributed by atoms with Crippen LogP contribution < -0.4 is 10.2 Å². The van der Waals surface area contributed by atoms with E-state index in [4.69, 9.17) is 25.5 Å². The molecule has 0 aliphatic carbocycles. The van der Waals surface area contributed by atoms with Crippen LogP contribution in [0.15, 0.2) is 4.42 Å². The molecule has 10 nitrogen and oxygen atoms in total. The predicted molar refractivity (Wildman–Crippen MR) is 128 cm³/mol. The Labute approximate surface area is 204 Å². The Hall–Kier alpha value is -2.59. The van der Waals surface area contributed by atoms with Crippen molar-refractivity contribution in [1.82, 2.24) is 20.3 Å². The number of aromatic nitrogens is 3. The minimum atomic E-state index is -0.465. The molecule has 3 rings (SSSR count). The lowest BCUT2D eigenvalue weighted by molar-refractivity contribution is 0.0262. The zero-order chi connectivity index (χ0) is 24.7. The summed E-state index contributed by atoms with van der Waals surface area (Å²) < 4.78 is 17.2. The molecule has 2 aromatic heterocycles. The van der Waals surface area contributed by atoms with Gasteiger partial charge in [0.25, 0.3) is 11.9 Å². The molecule has 1 fully saturated rings. The normalized spacial score (nSPS) is 18.2. The first-order chi connectivity index (χ1) is 16.4. The summed E-state index contributed by atoms with van der Waals surface area (Å²) >= 11 is 6.08. The second-order valence-corrected chi connectivity index (χ2v) is 8.49. The van der Waals surface area contributed by atoms with E-state index in [2.05, 4.69) is 20.3 Å². The smallest absolute Gasteiger partial charge is 0.360 e. The predicted octanol–water partition coefficient (Wildman–Crippen LogP) is 3.55. The van der Waals surface area contributed by atoms with Crippen molar-refractivity contribution in [3.63, 3.8) is 0 Å². The van der Waals surface area contributed by atoms with Crippen molar-refractivity contribution < 1.29 is 23.5 Å². The van der Waals surface area contributed by atoms with Crippen molar-refractivity contribution in [2.24, 2.45) is 0 Å². The average molecular weight is 496 g/mol. The van der Waals surface area contributed by atoms with E-state index in [1.807, 2.05) is 32.6 Å². The summed E-state index contributed by atoms with van der Waals surface area (Å²) in [4.78, 5) is 38.7. The third-order valence-electron chi connectivity index (χ3n) is 5.76. The van der Waals surface area contributed by atoms with Gasteiger partial charge in [0.2, 0.25) is 0 Å². The Balaban J connectivity index is 1.69. The maximum absolute atomic E-state index is 12.8. The van der Waals surface area contributed by atoms with Gasteiger partial charge in [0, 0.05) is 19.6 Å². The molecule has 2 atom stereocenters. The van der Waals surface area contributed by atoms with Gasteiger partial charge in [-0.15, -0.1) is 0 Å². The molecule has 1 amide bonds. The minimum Gasteiger partial charge on any atom is -0.461 e. The van der Waals surface area contributed by atoms with Crippen molar-refractivity contribution >= 4 is 29.5 Å². The van der Waals surface area contributed by atoms with Crippen LogP contribution in [0.1, 0.15) is 79.5 Å². The number of amides is 1. The van der Waals surface area contributed by atoms with Gasteiger partial charge in [0.05, 0.1) is 31.0 Å². The minimum absolute atomic E-state index is 0.186. The van der Waals surface area contributed by atoms with Crippen LogP contribution >= 0.6 is 11.6 Å². The second-order valence-electron chi connectivity index (χ2n) is 8.13. The zero-order valence-electron chi connectivity index (χ0n) is 20.3. The molecule has 2 aromatic rings. The van der Waals surface area contributed by atoms with Gasteiger partial charge in [-0.05, 0) is 26.2 Å². The highest BCUT2D eigenvalue weighted by Gasteiger charge is 2.34. The molecular formula is C23H34ClN5O5. The number of nitrogens with one attached hydrogen (secondary N) is 2. The fourth-order valence-corrected chi connectivity index (χ4v) is 4.12. The van der Waals surface area contributed by atoms with Gasteiger partial charge in [0.15, 0.2) is 16.7 Å². The number of anilines is 1. The first-order valence-corrected chi connectivity index (χ1v) is 12.4. The maximum atomic E-state index is 12.8. The number of carbonyl (C=O) groups is 2. The summed E-state index contributed by atoms with van der Waals surface area (Å²) in [5.74, 6) is -0.106. The molecule has 1 aliphatic heterocycles. The number of hydrogen-bond donors (Lipinski definition) is 2. The molecule has 1 saturated heterocycles. The molecule has 0 spiro atoms. The number of aromatic amines is 1. The van der Waals surface area contributed by atoms with Crippen LogP contribution in [0.4, 0.5) is 6.01 Å². The van der Waals surface area contributed by atoms with Crippen LogP contribution in [0.5, 0.6) is 0 Å². The standard InChI is InChI=1S/C23H34ClN5O5/c1-5-9-12-33-22(31)18-16(7-3)34-23(27-18)29-11-10-15(17(13-29)32-8-4)26-21(30)20-25-14(6-2)19(24)28-20/h15,17H,5-13H2,1-4H3,(H,25,28)(H,26,30)/t15-,17+/m1/s1. The molecule has 34 heavy (non-hydrogen) atoms. The first-order valence-electron chi connectivity index (χ1n) is 12.0. The number of H-pyrrole nitrogens is 1. The van der Waals surface area contributed by atoms with E-state index < -0.39 is 5.97 Å². The summed E-state index contributed by atoms with van der Waals surface area (Å²) in [6, 6.07) is 0.135. The van der Waals surface area contributed by atoms with Gasteiger partial charge in [-0.3, -0.25) is 4.79 Å². The molecule has 1 aliphatic rings. The third kappa shape index (κ3) is 6.09. The number of oxazole rings is 1. The number of esters is 1. The largest absolute Gasteiger partial charge is 0.461 e. The molecule has 11 heteroatoms. The number of rotatable bonds is 11. The van der Waals surface area contributed by atoms with Gasteiger partial charge in [0.1, 0.15) is 5.76 Å². The van der Waals surface area contributed by atoms with E-state index in [-0.39, 0.29) is 29.6 Å². The molecule has 0 saturated carbocycles. The van der Waals surface area contributed by atoms with Crippen LogP contribution in [0.2, 0.25) is 5.15 Å². The maximum Gasteiger partial charge on any atom is 0.360 e. The molecule has 0 bridgehead atoms. The van der Waals surface area contributed by atoms with Crippen LogP contribution in [0.3, 0.4) is 0 Å². The highest BCUT2D eigenvalue weighted by molar-refractivity contribution is 6.30. The lowest BCUT2D eigenvalue weighted by atomic mass is 10.0. The van der Waals surface area contributed by atoms with Crippen molar-refractivity contribution in [3.8, 4) is 0 Å². The summed E-state index contributed by atoms with van der Waals surface area (Å²) in [6.45, 7) is 9.65. The summed E-state index contributed by atoms with van der Waals surface area (Å²) in [5, 5.41) is 3.32. The number of carbonyl (C=O) groups excluding carboxylic acids is 2. The Morgan fingerprint density at radius 2 is 2.03 bits per heavy atom. The number of ether oxygens (including phenoxy) is 2. The number of nitrogens with zero attached hydrogens (tertiary/aromatic N) is 3. The van der Waals surface area contributed by atoms with Gasteiger partial charge in [-0.1, -0.05) is 38.8 Å². The van der Waals surface area contributed by atoms with E-state index in [0.29, 0.717) is 62.5 Å². The fourth-order valence-electron chi connectivity index (χ4n) is 3.86. The van der Waals surface area contributed by atoms with Crippen molar-refractivity contribution in [1.29, 1.82) is 0 Å². The third-order valence-corrected chi connectivity index (χ3v) is 6.07. The molecular weight excluding hydrogens is 462 g/mol. The average Bonchev–Trinajstić information content (AvgIpc) is 3.44. The number of imidazole rings is 1. The Morgan fingerprint density at radius 3 is 2.68 bits per heavy atom. The van der Waals surface area contributed by atoms with Crippen molar-refractivity contribution in [2.45, 2.75) is 71.9 Å². The molecule has 3 heterocycles. The van der Waals surface area contributed by atoms with Gasteiger partial charge in [-0.2, -0.15) is 4.98 Å². The Morgan fingerprint density at radius 1 is 1.24 bits per heavy atom. The van der Waals surface area contributed by atoms with Crippen LogP contribution in [-0.4, -0.2) is 65.3 Å². The number of piperidine rings is 1. The monoisotopic (exact) mass is 495 g/mol. The number of aryl methyl sites for hydroxylation is 2. The number of hydrogen-bond acceptors (Lipinski definition) is 8.